The molecular formula is C25H29N5O6S. The van der Waals surface area contributed by atoms with Crippen molar-refractivity contribution in [3.05, 3.63) is 65.9 Å². The molecule has 3 amide bonds. The van der Waals surface area contributed by atoms with Crippen LogP contribution in [0.2, 0.25) is 0 Å². The van der Waals surface area contributed by atoms with Gasteiger partial charge < -0.3 is 36.9 Å². The summed E-state index contributed by atoms with van der Waals surface area (Å²) in [6.07, 6.45) is 2.01. The highest BCUT2D eigenvalue weighted by atomic mass is 32.1. The van der Waals surface area contributed by atoms with Gasteiger partial charge >= 0.3 is 5.97 Å². The minimum Gasteiger partial charge on any atom is -0.508 e. The quantitative estimate of drug-likeness (QED) is 0.153. The molecule has 3 rings (SSSR count). The van der Waals surface area contributed by atoms with Crippen molar-refractivity contribution in [3.8, 4) is 5.75 Å². The zero-order chi connectivity index (χ0) is 26.9. The van der Waals surface area contributed by atoms with E-state index in [1.807, 2.05) is 24.3 Å². The van der Waals surface area contributed by atoms with E-state index in [4.69, 9.17) is 10.8 Å². The molecule has 0 spiro atoms. The van der Waals surface area contributed by atoms with E-state index in [-0.39, 0.29) is 24.3 Å². The molecule has 0 aliphatic heterocycles. The van der Waals surface area contributed by atoms with Gasteiger partial charge in [-0.1, -0.05) is 30.3 Å². The van der Waals surface area contributed by atoms with Crippen LogP contribution in [0.25, 0.3) is 10.9 Å². The molecule has 2 aromatic carbocycles. The Morgan fingerprint density at radius 2 is 1.59 bits per heavy atom. The smallest absolute Gasteiger partial charge is 0.322 e. The zero-order valence-corrected chi connectivity index (χ0v) is 20.7. The molecule has 1 aromatic heterocycles. The first-order valence-electron chi connectivity index (χ1n) is 11.5. The van der Waals surface area contributed by atoms with Gasteiger partial charge in [0.2, 0.25) is 17.7 Å². The molecule has 3 aromatic rings. The molecule has 37 heavy (non-hydrogen) atoms. The molecule has 8 N–H and O–H groups in total. The van der Waals surface area contributed by atoms with Gasteiger partial charge in [0.1, 0.15) is 24.4 Å². The zero-order valence-electron chi connectivity index (χ0n) is 19.8. The summed E-state index contributed by atoms with van der Waals surface area (Å²) in [6, 6.07) is 10.5. The number of amides is 3. The summed E-state index contributed by atoms with van der Waals surface area (Å²) in [4.78, 5) is 52.4. The third-order valence-corrected chi connectivity index (χ3v) is 6.06. The number of aromatic nitrogens is 1. The lowest BCUT2D eigenvalue weighted by Crippen LogP contribution is -2.57. The average molecular weight is 528 g/mol. The van der Waals surface area contributed by atoms with Crippen molar-refractivity contribution in [3.63, 3.8) is 0 Å². The molecule has 0 bridgehead atoms. The number of thiol groups is 1. The lowest BCUT2D eigenvalue weighted by atomic mass is 10.0. The van der Waals surface area contributed by atoms with E-state index >= 15 is 0 Å². The maximum atomic E-state index is 13.2. The second kappa shape index (κ2) is 12.8. The normalized spacial score (nSPS) is 13.4. The number of hydrogen-bond acceptors (Lipinski definition) is 7. The van der Waals surface area contributed by atoms with E-state index in [0.717, 1.165) is 22.0 Å². The number of aromatic hydroxyl groups is 1. The largest absolute Gasteiger partial charge is 0.508 e. The van der Waals surface area contributed by atoms with Crippen molar-refractivity contribution in [1.29, 1.82) is 0 Å². The van der Waals surface area contributed by atoms with E-state index in [1.54, 1.807) is 18.3 Å². The van der Waals surface area contributed by atoms with Crippen LogP contribution in [-0.4, -0.2) is 69.3 Å². The maximum absolute atomic E-state index is 13.2. The second-order valence-corrected chi connectivity index (χ2v) is 8.82. The summed E-state index contributed by atoms with van der Waals surface area (Å²) in [5, 5.41) is 26.5. The van der Waals surface area contributed by atoms with Crippen molar-refractivity contribution in [2.45, 2.75) is 31.0 Å². The number of hydrogen-bond donors (Lipinski definition) is 8. The minimum absolute atomic E-state index is 0.0865. The predicted octanol–water partition coefficient (Wildman–Crippen LogP) is 0.0862. The van der Waals surface area contributed by atoms with Gasteiger partial charge in [0, 0.05) is 29.3 Å². The van der Waals surface area contributed by atoms with Gasteiger partial charge in [0.15, 0.2) is 0 Å². The first kappa shape index (κ1) is 27.6. The number of aliphatic carboxylic acids is 1. The average Bonchev–Trinajstić information content (AvgIpc) is 3.29. The number of aromatic amines is 1. The molecule has 0 aliphatic rings. The fourth-order valence-electron chi connectivity index (χ4n) is 3.74. The van der Waals surface area contributed by atoms with Crippen LogP contribution < -0.4 is 21.7 Å². The fourth-order valence-corrected chi connectivity index (χ4v) is 4.00. The number of carboxylic acids is 1. The van der Waals surface area contributed by atoms with Gasteiger partial charge in [0.05, 0.1) is 6.04 Å². The van der Waals surface area contributed by atoms with E-state index in [0.29, 0.717) is 0 Å². The second-order valence-electron chi connectivity index (χ2n) is 8.46. The summed E-state index contributed by atoms with van der Waals surface area (Å²) in [6.45, 7) is -0.611. The number of carbonyl (C=O) groups is 4. The fraction of sp³-hybridized carbons (Fsp3) is 0.280. The number of fused-ring (bicyclic) bond motifs is 1. The van der Waals surface area contributed by atoms with Crippen molar-refractivity contribution in [2.24, 2.45) is 5.73 Å². The van der Waals surface area contributed by atoms with Gasteiger partial charge in [-0.15, -0.1) is 0 Å². The summed E-state index contributed by atoms with van der Waals surface area (Å²) in [5.41, 5.74) is 8.44. The number of rotatable bonds is 12. The van der Waals surface area contributed by atoms with E-state index in [9.17, 15) is 24.3 Å². The van der Waals surface area contributed by atoms with Crippen LogP contribution in [0.1, 0.15) is 11.1 Å². The summed E-state index contributed by atoms with van der Waals surface area (Å²) >= 11 is 4.09. The van der Waals surface area contributed by atoms with Gasteiger partial charge in [-0.3, -0.25) is 19.2 Å². The lowest BCUT2D eigenvalue weighted by molar-refractivity contribution is -0.138. The molecule has 11 nitrogen and oxygen atoms in total. The van der Waals surface area contributed by atoms with Crippen LogP contribution in [0.3, 0.4) is 0 Å². The van der Waals surface area contributed by atoms with Crippen molar-refractivity contribution >= 4 is 47.2 Å². The molecule has 0 saturated carbocycles. The summed E-state index contributed by atoms with van der Waals surface area (Å²) in [5.74, 6) is -3.18. The molecule has 0 fully saturated rings. The number of carboxylic acid groups (broad SMARTS) is 1. The Bertz CT molecular complexity index is 1260. The third-order valence-electron chi connectivity index (χ3n) is 5.69. The van der Waals surface area contributed by atoms with Crippen LogP contribution in [-0.2, 0) is 32.0 Å². The van der Waals surface area contributed by atoms with Gasteiger partial charge in [0.25, 0.3) is 0 Å². The number of phenols is 1. The summed E-state index contributed by atoms with van der Waals surface area (Å²) < 4.78 is 0. The minimum atomic E-state index is -1.23. The number of nitrogens with one attached hydrogen (secondary N) is 4. The van der Waals surface area contributed by atoms with E-state index in [2.05, 4.69) is 33.6 Å². The van der Waals surface area contributed by atoms with Gasteiger partial charge in [-0.05, 0) is 35.7 Å². The Kier molecular flexibility index (Phi) is 9.52. The van der Waals surface area contributed by atoms with Gasteiger partial charge in [-0.2, -0.15) is 12.6 Å². The van der Waals surface area contributed by atoms with Crippen molar-refractivity contribution in [2.75, 3.05) is 12.3 Å². The molecule has 12 heteroatoms. The number of para-hydroxylation sites is 1. The highest BCUT2D eigenvalue weighted by Crippen LogP contribution is 2.19. The molecule has 3 atom stereocenters. The standard InChI is InChI=1S/C25H29N5O6S/c26-18(9-14-5-7-16(31)8-6-14)23(34)29-20(10-15-11-27-19-4-2-1-3-17(15)19)25(36)30-21(13-37)24(35)28-12-22(32)33/h1-8,11,18,20-21,27,31,37H,9-10,12-13,26H2,(H,28,35)(H,29,34)(H,30,36)(H,32,33). The SMILES string of the molecule is NC(Cc1ccc(O)cc1)C(=O)NC(Cc1c[nH]c2ccccc12)C(=O)NC(CS)C(=O)NCC(=O)O. The number of nitrogens with two attached hydrogens (primary N) is 1. The van der Waals surface area contributed by atoms with Crippen LogP contribution >= 0.6 is 12.6 Å². The number of phenolic OH excluding ortho intramolecular Hbond substituents is 1. The number of H-pyrrole nitrogens is 1. The predicted molar refractivity (Wildman–Crippen MR) is 140 cm³/mol. The first-order chi connectivity index (χ1) is 17.7. The molecule has 0 radical (unpaired) electrons. The molecule has 1 heterocycles. The summed E-state index contributed by atoms with van der Waals surface area (Å²) in [7, 11) is 0. The van der Waals surface area contributed by atoms with Crippen LogP contribution in [0.5, 0.6) is 5.75 Å². The monoisotopic (exact) mass is 527 g/mol. The number of benzene rings is 2. The molecule has 0 aliphatic carbocycles. The Morgan fingerprint density at radius 3 is 2.27 bits per heavy atom. The Balaban J connectivity index is 1.77. The molecule has 196 valence electrons. The lowest BCUT2D eigenvalue weighted by Gasteiger charge is -2.23. The Labute approximate surface area is 218 Å². The van der Waals surface area contributed by atoms with Crippen LogP contribution in [0.4, 0.5) is 0 Å². The highest BCUT2D eigenvalue weighted by Gasteiger charge is 2.28. The van der Waals surface area contributed by atoms with Crippen LogP contribution in [0.15, 0.2) is 54.7 Å². The molecular weight excluding hydrogens is 498 g/mol. The van der Waals surface area contributed by atoms with Crippen LogP contribution in [0, 0.1) is 0 Å². The topological polar surface area (TPSA) is 187 Å². The third kappa shape index (κ3) is 7.72. The first-order valence-corrected chi connectivity index (χ1v) is 12.1. The molecule has 0 saturated heterocycles. The van der Waals surface area contributed by atoms with Crippen molar-refractivity contribution < 1.29 is 29.4 Å². The van der Waals surface area contributed by atoms with E-state index in [1.165, 1.54) is 12.1 Å². The number of carbonyl (C=O) groups excluding carboxylic acids is 3. The van der Waals surface area contributed by atoms with Crippen molar-refractivity contribution in [1.82, 2.24) is 20.9 Å². The highest BCUT2D eigenvalue weighted by molar-refractivity contribution is 7.80. The maximum Gasteiger partial charge on any atom is 0.322 e. The Hall–Kier alpha value is -4.03. The Morgan fingerprint density at radius 1 is 0.919 bits per heavy atom. The molecule has 3 unspecified atom stereocenters. The van der Waals surface area contributed by atoms with E-state index < -0.39 is 48.4 Å². The van der Waals surface area contributed by atoms with Gasteiger partial charge in [-0.25, -0.2) is 0 Å².